The summed E-state index contributed by atoms with van der Waals surface area (Å²) >= 11 is 0. The van der Waals surface area contributed by atoms with E-state index in [4.69, 9.17) is 10.5 Å². The third kappa shape index (κ3) is 2.03. The molecule has 108 valence electrons. The van der Waals surface area contributed by atoms with Gasteiger partial charge in [0.25, 0.3) is 0 Å². The number of aromatic nitrogens is 3. The molecule has 0 saturated heterocycles. The maximum atomic E-state index is 11.9. The van der Waals surface area contributed by atoms with Gasteiger partial charge in [0, 0.05) is 11.3 Å². The number of carbonyl (C=O) groups excluding carboxylic acids is 1. The van der Waals surface area contributed by atoms with Gasteiger partial charge in [0.2, 0.25) is 11.9 Å². The van der Waals surface area contributed by atoms with Crippen molar-refractivity contribution < 1.29 is 9.53 Å². The Bertz CT molecular complexity index is 709. The van der Waals surface area contributed by atoms with Crippen LogP contribution >= 0.6 is 0 Å². The van der Waals surface area contributed by atoms with Gasteiger partial charge in [-0.2, -0.15) is 10.1 Å². The number of primary amides is 1. The molecule has 2 atom stereocenters. The molecule has 0 saturated carbocycles. The Kier molecular flexibility index (Phi) is 3.09. The highest BCUT2D eigenvalue weighted by atomic mass is 16.5. The fourth-order valence-electron chi connectivity index (χ4n) is 2.65. The first-order valence-electron chi connectivity index (χ1n) is 6.41. The van der Waals surface area contributed by atoms with Crippen LogP contribution < -0.4 is 15.8 Å². The normalized spacial score (nSPS) is 20.5. The summed E-state index contributed by atoms with van der Waals surface area (Å²) in [7, 11) is 1.58. The summed E-state index contributed by atoms with van der Waals surface area (Å²) in [5.41, 5.74) is 6.86. The number of fused-ring (bicyclic) bond motifs is 1. The number of methoxy groups -OCH3 is 1. The summed E-state index contributed by atoms with van der Waals surface area (Å²) in [5.74, 6) is 0.0540. The highest BCUT2D eigenvalue weighted by Crippen LogP contribution is 2.40. The molecule has 1 aliphatic rings. The smallest absolute Gasteiger partial charge is 0.229 e. The van der Waals surface area contributed by atoms with Gasteiger partial charge in [-0.3, -0.25) is 4.79 Å². The van der Waals surface area contributed by atoms with E-state index in [0.717, 1.165) is 5.56 Å². The summed E-state index contributed by atoms with van der Waals surface area (Å²) in [6, 6.07) is 7.00. The number of rotatable bonds is 3. The van der Waals surface area contributed by atoms with Crippen molar-refractivity contribution in [2.24, 2.45) is 11.7 Å². The summed E-state index contributed by atoms with van der Waals surface area (Å²) in [6.07, 6.45) is 1.42. The van der Waals surface area contributed by atoms with Crippen LogP contribution in [0.15, 0.2) is 42.9 Å². The van der Waals surface area contributed by atoms with Crippen molar-refractivity contribution in [1.29, 1.82) is 0 Å². The third-order valence-electron chi connectivity index (χ3n) is 3.56. The lowest BCUT2D eigenvalue weighted by Gasteiger charge is -2.33. The van der Waals surface area contributed by atoms with E-state index in [9.17, 15) is 4.79 Å². The fourth-order valence-corrected chi connectivity index (χ4v) is 2.65. The molecule has 7 heteroatoms. The number of hydrogen-bond acceptors (Lipinski definition) is 5. The lowest BCUT2D eigenvalue weighted by atomic mass is 9.88. The number of ether oxygens (including phenoxy) is 1. The van der Waals surface area contributed by atoms with Gasteiger partial charge >= 0.3 is 0 Å². The van der Waals surface area contributed by atoms with E-state index < -0.39 is 17.9 Å². The van der Waals surface area contributed by atoms with Crippen LogP contribution in [-0.4, -0.2) is 27.8 Å². The van der Waals surface area contributed by atoms with Gasteiger partial charge in [0.1, 0.15) is 24.0 Å². The van der Waals surface area contributed by atoms with Gasteiger partial charge < -0.3 is 15.8 Å². The van der Waals surface area contributed by atoms with Crippen molar-refractivity contribution in [3.63, 3.8) is 0 Å². The van der Waals surface area contributed by atoms with Crippen LogP contribution in [0, 0.1) is 5.92 Å². The second kappa shape index (κ2) is 4.93. The van der Waals surface area contributed by atoms with Gasteiger partial charge in [-0.15, -0.1) is 0 Å². The molecule has 0 aliphatic carbocycles. The zero-order valence-electron chi connectivity index (χ0n) is 11.5. The van der Waals surface area contributed by atoms with Crippen LogP contribution in [0.5, 0.6) is 5.75 Å². The Labute approximate surface area is 121 Å². The lowest BCUT2D eigenvalue weighted by Crippen LogP contribution is -2.40. The zero-order chi connectivity index (χ0) is 15.0. The number of nitrogens with zero attached hydrogens (tertiary/aromatic N) is 3. The Morgan fingerprint density at radius 2 is 2.24 bits per heavy atom. The number of nitrogens with one attached hydrogen (secondary N) is 1. The van der Waals surface area contributed by atoms with E-state index >= 15 is 0 Å². The van der Waals surface area contributed by atoms with Gasteiger partial charge in [-0.25, -0.2) is 4.68 Å². The molecule has 1 aromatic carbocycles. The number of hydrogen-bond donors (Lipinski definition) is 2. The fraction of sp³-hybridized carbons (Fsp3) is 0.214. The van der Waals surface area contributed by atoms with Crippen LogP contribution in [-0.2, 0) is 4.79 Å². The molecular weight excluding hydrogens is 270 g/mol. The lowest BCUT2D eigenvalue weighted by molar-refractivity contribution is -0.121. The van der Waals surface area contributed by atoms with Gasteiger partial charge in [0.05, 0.1) is 7.11 Å². The van der Waals surface area contributed by atoms with Crippen molar-refractivity contribution in [3.05, 3.63) is 48.4 Å². The number of amides is 1. The number of para-hydroxylation sites is 1. The zero-order valence-corrected chi connectivity index (χ0v) is 11.5. The number of nitrogens with two attached hydrogens (primary N) is 1. The van der Waals surface area contributed by atoms with Gasteiger partial charge in [-0.05, 0) is 6.07 Å². The number of benzene rings is 1. The molecule has 21 heavy (non-hydrogen) atoms. The first-order valence-corrected chi connectivity index (χ1v) is 6.41. The van der Waals surface area contributed by atoms with Gasteiger partial charge in [-0.1, -0.05) is 24.8 Å². The van der Waals surface area contributed by atoms with E-state index in [2.05, 4.69) is 22.0 Å². The Hall–Kier alpha value is -2.83. The van der Waals surface area contributed by atoms with Crippen molar-refractivity contribution >= 4 is 11.9 Å². The summed E-state index contributed by atoms with van der Waals surface area (Å²) in [4.78, 5) is 16.0. The minimum atomic E-state index is -0.643. The SMILES string of the molecule is C=C1Nc2ncnn2C(c2ccccc2OC)C1C(N)=O. The van der Waals surface area contributed by atoms with E-state index in [1.807, 2.05) is 24.3 Å². The number of anilines is 1. The highest BCUT2D eigenvalue weighted by Gasteiger charge is 2.39. The first kappa shape index (κ1) is 13.2. The minimum Gasteiger partial charge on any atom is -0.496 e. The van der Waals surface area contributed by atoms with Crippen molar-refractivity contribution in [2.75, 3.05) is 12.4 Å². The van der Waals surface area contributed by atoms with E-state index in [-0.39, 0.29) is 0 Å². The second-order valence-electron chi connectivity index (χ2n) is 4.75. The van der Waals surface area contributed by atoms with E-state index in [0.29, 0.717) is 17.4 Å². The largest absolute Gasteiger partial charge is 0.496 e. The van der Waals surface area contributed by atoms with Gasteiger partial charge in [0.15, 0.2) is 0 Å². The van der Waals surface area contributed by atoms with Crippen LogP contribution in [0.3, 0.4) is 0 Å². The minimum absolute atomic E-state index is 0.440. The molecule has 3 rings (SSSR count). The van der Waals surface area contributed by atoms with Crippen LogP contribution in [0.25, 0.3) is 0 Å². The average Bonchev–Trinajstić information content (AvgIpc) is 2.93. The predicted molar refractivity (Wildman–Crippen MR) is 76.6 cm³/mol. The molecule has 2 unspecified atom stereocenters. The molecule has 0 bridgehead atoms. The van der Waals surface area contributed by atoms with E-state index in [1.165, 1.54) is 6.33 Å². The third-order valence-corrected chi connectivity index (χ3v) is 3.56. The highest BCUT2D eigenvalue weighted by molar-refractivity contribution is 5.82. The molecule has 2 aromatic rings. The second-order valence-corrected chi connectivity index (χ2v) is 4.75. The quantitative estimate of drug-likeness (QED) is 0.874. The van der Waals surface area contributed by atoms with Crippen molar-refractivity contribution in [1.82, 2.24) is 14.8 Å². The Balaban J connectivity index is 2.21. The topological polar surface area (TPSA) is 95.1 Å². The maximum Gasteiger partial charge on any atom is 0.229 e. The molecule has 0 fully saturated rings. The molecule has 1 aliphatic heterocycles. The van der Waals surface area contributed by atoms with Crippen molar-refractivity contribution in [3.8, 4) is 5.75 Å². The average molecular weight is 285 g/mol. The molecule has 1 amide bonds. The standard InChI is InChI=1S/C14H15N5O2/c1-8-11(13(15)20)12(19-14(18-8)16-7-17-19)9-5-3-4-6-10(9)21-2/h3-7,11-12H,1H2,2H3,(H2,15,20)(H,16,17,18). The molecule has 1 aromatic heterocycles. The molecule has 0 spiro atoms. The van der Waals surface area contributed by atoms with Crippen LogP contribution in [0.1, 0.15) is 11.6 Å². The van der Waals surface area contributed by atoms with Crippen molar-refractivity contribution in [2.45, 2.75) is 6.04 Å². The monoisotopic (exact) mass is 285 g/mol. The molecule has 2 heterocycles. The Morgan fingerprint density at radius 1 is 1.48 bits per heavy atom. The van der Waals surface area contributed by atoms with Crippen LogP contribution in [0.2, 0.25) is 0 Å². The number of carbonyl (C=O) groups is 1. The molecular formula is C14H15N5O2. The predicted octanol–water partition coefficient (Wildman–Crippen LogP) is 0.917. The maximum absolute atomic E-state index is 11.9. The van der Waals surface area contributed by atoms with E-state index in [1.54, 1.807) is 11.8 Å². The summed E-state index contributed by atoms with van der Waals surface area (Å²) < 4.78 is 7.02. The van der Waals surface area contributed by atoms with Crippen LogP contribution in [0.4, 0.5) is 5.95 Å². The summed E-state index contributed by atoms with van der Waals surface area (Å²) in [5, 5.41) is 7.16. The molecule has 3 N–H and O–H groups in total. The Morgan fingerprint density at radius 3 is 2.95 bits per heavy atom. The molecule has 0 radical (unpaired) electrons. The first-order chi connectivity index (χ1) is 10.1. The molecule has 7 nitrogen and oxygen atoms in total. The summed E-state index contributed by atoms with van der Waals surface area (Å²) in [6.45, 7) is 3.89.